The van der Waals surface area contributed by atoms with Crippen LogP contribution in [0.2, 0.25) is 0 Å². The molecule has 4 atom stereocenters. The molecule has 0 aliphatic heterocycles. The fourth-order valence-electron chi connectivity index (χ4n) is 5.83. The molecule has 9 nitrogen and oxygen atoms in total. The van der Waals surface area contributed by atoms with Crippen LogP contribution in [0.25, 0.3) is 0 Å². The van der Waals surface area contributed by atoms with Gasteiger partial charge in [-0.25, -0.2) is 4.57 Å². The predicted molar refractivity (Wildman–Crippen MR) is 214 cm³/mol. The highest BCUT2D eigenvalue weighted by molar-refractivity contribution is 7.47. The van der Waals surface area contributed by atoms with Crippen LogP contribution in [0.4, 0.5) is 0 Å². The Morgan fingerprint density at radius 3 is 1.63 bits per heavy atom. The molecular formula is C41H79N2O7P. The molecule has 0 spiro atoms. The number of carbonyl (C=O) groups is 1. The molecule has 4 unspecified atom stereocenters. The molecule has 0 saturated heterocycles. The van der Waals surface area contributed by atoms with Crippen molar-refractivity contribution < 1.29 is 33.5 Å². The van der Waals surface area contributed by atoms with Crippen molar-refractivity contribution in [3.63, 3.8) is 0 Å². The highest BCUT2D eigenvalue weighted by Gasteiger charge is 2.27. The van der Waals surface area contributed by atoms with E-state index in [-0.39, 0.29) is 19.6 Å². The molecule has 51 heavy (non-hydrogen) atoms. The van der Waals surface area contributed by atoms with Crippen LogP contribution in [0.15, 0.2) is 36.5 Å². The molecule has 10 heteroatoms. The van der Waals surface area contributed by atoms with Crippen LogP contribution >= 0.6 is 7.82 Å². The zero-order chi connectivity index (χ0) is 37.7. The standard InChI is InChI=1S/C41H79N2O7P/c1-3-5-7-9-11-13-15-17-18-19-21-22-24-26-28-30-32-38(44)36-41(46)43-39(37-50-51(47,48)49-35-34-42)40(45)33-31-29-27-25-23-20-16-14-12-10-8-6-4-2/h21-23,25,31,33,38-40,44-45H,3-20,24,26-30,32,34-37,42H2,1-2H3,(H,43,46)(H,47,48)/b22-21-,25-23+,33-31+. The number of amides is 1. The minimum atomic E-state index is -4.40. The number of nitrogens with two attached hydrogens (primary N) is 1. The van der Waals surface area contributed by atoms with E-state index < -0.39 is 38.6 Å². The first-order chi connectivity index (χ1) is 24.8. The van der Waals surface area contributed by atoms with Gasteiger partial charge in [0.1, 0.15) is 0 Å². The lowest BCUT2D eigenvalue weighted by Crippen LogP contribution is -2.46. The fraction of sp³-hybridized carbons (Fsp3) is 0.829. The van der Waals surface area contributed by atoms with Gasteiger partial charge < -0.3 is 26.2 Å². The maximum atomic E-state index is 12.8. The minimum absolute atomic E-state index is 0.0426. The molecule has 0 aliphatic rings. The summed E-state index contributed by atoms with van der Waals surface area (Å²) < 4.78 is 22.0. The summed E-state index contributed by atoms with van der Waals surface area (Å²) in [6.45, 7) is 3.92. The molecule has 300 valence electrons. The Morgan fingerprint density at radius 1 is 0.667 bits per heavy atom. The van der Waals surface area contributed by atoms with Gasteiger partial charge in [-0.15, -0.1) is 0 Å². The van der Waals surface area contributed by atoms with Crippen LogP contribution in [0.3, 0.4) is 0 Å². The molecular weight excluding hydrogens is 663 g/mol. The van der Waals surface area contributed by atoms with Gasteiger partial charge in [-0.1, -0.05) is 153 Å². The van der Waals surface area contributed by atoms with Crippen molar-refractivity contribution in [1.29, 1.82) is 0 Å². The van der Waals surface area contributed by atoms with E-state index in [9.17, 15) is 24.5 Å². The number of aliphatic hydroxyl groups is 2. The Labute approximate surface area is 312 Å². The van der Waals surface area contributed by atoms with Crippen molar-refractivity contribution >= 4 is 13.7 Å². The van der Waals surface area contributed by atoms with Crippen LogP contribution in [0, 0.1) is 0 Å². The number of hydrogen-bond acceptors (Lipinski definition) is 7. The van der Waals surface area contributed by atoms with Crippen molar-refractivity contribution in [2.24, 2.45) is 5.73 Å². The van der Waals surface area contributed by atoms with Gasteiger partial charge in [0.2, 0.25) is 5.91 Å². The molecule has 0 aliphatic carbocycles. The van der Waals surface area contributed by atoms with Crippen molar-refractivity contribution in [2.75, 3.05) is 19.8 Å². The van der Waals surface area contributed by atoms with Crippen LogP contribution in [0.1, 0.15) is 181 Å². The summed E-state index contributed by atoms with van der Waals surface area (Å²) in [4.78, 5) is 22.7. The lowest BCUT2D eigenvalue weighted by atomic mass is 10.0. The quantitative estimate of drug-likeness (QED) is 0.0238. The molecule has 0 saturated carbocycles. The Bertz CT molecular complexity index is 914. The van der Waals surface area contributed by atoms with E-state index in [1.165, 1.54) is 103 Å². The number of carbonyl (C=O) groups excluding carboxylic acids is 1. The van der Waals surface area contributed by atoms with Gasteiger partial charge in [0, 0.05) is 6.54 Å². The number of phosphoric acid groups is 1. The van der Waals surface area contributed by atoms with E-state index in [1.807, 2.05) is 6.08 Å². The Kier molecular flexibility index (Phi) is 36.1. The molecule has 0 heterocycles. The summed E-state index contributed by atoms with van der Waals surface area (Å²) >= 11 is 0. The number of hydrogen-bond donors (Lipinski definition) is 5. The van der Waals surface area contributed by atoms with E-state index in [4.69, 9.17) is 14.8 Å². The minimum Gasteiger partial charge on any atom is -0.393 e. The predicted octanol–water partition coefficient (Wildman–Crippen LogP) is 10.1. The summed E-state index contributed by atoms with van der Waals surface area (Å²) in [5.74, 6) is -0.466. The number of rotatable bonds is 38. The molecule has 0 bridgehead atoms. The molecule has 0 fully saturated rings. The second-order valence-corrected chi connectivity index (χ2v) is 15.5. The lowest BCUT2D eigenvalue weighted by molar-refractivity contribution is -0.124. The number of allylic oxidation sites excluding steroid dienone is 5. The lowest BCUT2D eigenvalue weighted by Gasteiger charge is -2.24. The summed E-state index contributed by atoms with van der Waals surface area (Å²) in [5.41, 5.74) is 5.35. The van der Waals surface area contributed by atoms with E-state index in [0.29, 0.717) is 12.8 Å². The van der Waals surface area contributed by atoms with Crippen LogP contribution in [-0.4, -0.2) is 59.0 Å². The highest BCUT2D eigenvalue weighted by atomic mass is 31.2. The fourth-order valence-corrected chi connectivity index (χ4v) is 6.59. The number of phosphoric ester groups is 1. The first kappa shape index (κ1) is 49.7. The van der Waals surface area contributed by atoms with Gasteiger partial charge in [0.15, 0.2) is 0 Å². The van der Waals surface area contributed by atoms with E-state index in [2.05, 4.69) is 43.5 Å². The highest BCUT2D eigenvalue weighted by Crippen LogP contribution is 2.43. The Hall–Kier alpha value is -1.32. The van der Waals surface area contributed by atoms with Crippen molar-refractivity contribution in [2.45, 2.75) is 199 Å². The summed E-state index contributed by atoms with van der Waals surface area (Å²) in [6, 6.07) is -1.00. The number of unbranched alkanes of at least 4 members (excludes halogenated alkanes) is 20. The van der Waals surface area contributed by atoms with Crippen molar-refractivity contribution in [3.8, 4) is 0 Å². The zero-order valence-corrected chi connectivity index (χ0v) is 33.6. The maximum Gasteiger partial charge on any atom is 0.472 e. The van der Waals surface area contributed by atoms with Crippen LogP contribution < -0.4 is 11.1 Å². The summed E-state index contributed by atoms with van der Waals surface area (Å²) in [7, 11) is -4.40. The molecule has 0 aromatic heterocycles. The first-order valence-electron chi connectivity index (χ1n) is 20.7. The van der Waals surface area contributed by atoms with Gasteiger partial charge in [0.05, 0.1) is 37.9 Å². The van der Waals surface area contributed by atoms with E-state index >= 15 is 0 Å². The average molecular weight is 743 g/mol. The molecule has 0 aromatic rings. The van der Waals surface area contributed by atoms with Crippen molar-refractivity contribution in [3.05, 3.63) is 36.5 Å². The van der Waals surface area contributed by atoms with E-state index in [1.54, 1.807) is 6.08 Å². The zero-order valence-electron chi connectivity index (χ0n) is 32.7. The van der Waals surface area contributed by atoms with Gasteiger partial charge in [-0.3, -0.25) is 13.8 Å². The third-order valence-electron chi connectivity index (χ3n) is 8.99. The molecule has 6 N–H and O–H groups in total. The Morgan fingerprint density at radius 2 is 1.12 bits per heavy atom. The summed E-state index contributed by atoms with van der Waals surface area (Å²) in [6.07, 6.45) is 39.5. The smallest absolute Gasteiger partial charge is 0.393 e. The van der Waals surface area contributed by atoms with Crippen LogP contribution in [-0.2, 0) is 18.4 Å². The maximum absolute atomic E-state index is 12.8. The third kappa shape index (κ3) is 35.5. The molecule has 1 amide bonds. The molecule has 0 rings (SSSR count). The monoisotopic (exact) mass is 743 g/mol. The SMILES string of the molecule is CCCCCCCCC/C=C/CC/C=C/C(O)C(COP(=O)(O)OCCN)NC(=O)CC(O)CCCCC/C=C\CCCCCCCCCCC. The third-order valence-corrected chi connectivity index (χ3v) is 9.98. The molecule has 0 radical (unpaired) electrons. The van der Waals surface area contributed by atoms with Gasteiger partial charge in [-0.05, 0) is 57.8 Å². The number of aliphatic hydroxyl groups excluding tert-OH is 2. The second-order valence-electron chi connectivity index (χ2n) is 14.0. The van der Waals surface area contributed by atoms with Gasteiger partial charge in [0.25, 0.3) is 0 Å². The van der Waals surface area contributed by atoms with Gasteiger partial charge >= 0.3 is 7.82 Å². The van der Waals surface area contributed by atoms with Gasteiger partial charge in [-0.2, -0.15) is 0 Å². The van der Waals surface area contributed by atoms with E-state index in [0.717, 1.165) is 44.9 Å². The van der Waals surface area contributed by atoms with Crippen molar-refractivity contribution in [1.82, 2.24) is 5.32 Å². The largest absolute Gasteiger partial charge is 0.472 e. The number of nitrogens with one attached hydrogen (secondary N) is 1. The second kappa shape index (κ2) is 37.0. The normalized spacial score (nSPS) is 15.2. The Balaban J connectivity index is 4.42. The topological polar surface area (TPSA) is 151 Å². The molecule has 0 aromatic carbocycles. The first-order valence-corrected chi connectivity index (χ1v) is 22.2. The average Bonchev–Trinajstić information content (AvgIpc) is 3.10. The summed E-state index contributed by atoms with van der Waals surface area (Å²) in [5, 5.41) is 23.9. The van der Waals surface area contributed by atoms with Crippen LogP contribution in [0.5, 0.6) is 0 Å².